The highest BCUT2D eigenvalue weighted by Crippen LogP contribution is 2.20. The number of nitrogens with one attached hydrogen (secondary N) is 2. The number of H-pyrrole nitrogens is 1. The van der Waals surface area contributed by atoms with Crippen molar-refractivity contribution in [1.29, 1.82) is 0 Å². The van der Waals surface area contributed by atoms with E-state index in [9.17, 15) is 9.59 Å². The summed E-state index contributed by atoms with van der Waals surface area (Å²) in [6.45, 7) is 6.39. The van der Waals surface area contributed by atoms with Crippen LogP contribution < -0.4 is 21.5 Å². The maximum atomic E-state index is 12.3. The van der Waals surface area contributed by atoms with Crippen molar-refractivity contribution in [1.82, 2.24) is 24.4 Å². The Morgan fingerprint density at radius 3 is 2.61 bits per heavy atom. The molecule has 0 saturated carbocycles. The molecule has 1 saturated heterocycles. The van der Waals surface area contributed by atoms with Gasteiger partial charge in [-0.25, -0.2) is 4.79 Å². The summed E-state index contributed by atoms with van der Waals surface area (Å²) in [5.74, 6) is 0.796. The van der Waals surface area contributed by atoms with Crippen molar-refractivity contribution in [3.63, 3.8) is 0 Å². The molecule has 1 aliphatic heterocycles. The predicted octanol–water partition coefficient (Wildman–Crippen LogP) is 0.0231. The van der Waals surface area contributed by atoms with E-state index in [0.29, 0.717) is 11.2 Å². The first kappa shape index (κ1) is 15.8. The van der Waals surface area contributed by atoms with Crippen LogP contribution in [-0.2, 0) is 13.6 Å². The summed E-state index contributed by atoms with van der Waals surface area (Å²) in [6.07, 6.45) is 3.21. The molecule has 0 atom stereocenters. The zero-order valence-electron chi connectivity index (χ0n) is 13.8. The minimum Gasteiger partial charge on any atom is -0.340 e. The van der Waals surface area contributed by atoms with E-state index < -0.39 is 5.69 Å². The zero-order chi connectivity index (χ0) is 16.4. The van der Waals surface area contributed by atoms with Gasteiger partial charge in [-0.15, -0.1) is 0 Å². The van der Waals surface area contributed by atoms with Crippen molar-refractivity contribution in [2.75, 3.05) is 31.1 Å². The number of rotatable bonds is 5. The molecule has 1 fully saturated rings. The third kappa shape index (κ3) is 2.90. The Morgan fingerprint density at radius 2 is 1.91 bits per heavy atom. The molecule has 2 aromatic heterocycles. The topological polar surface area (TPSA) is 88.0 Å². The number of imidazole rings is 1. The third-order valence-electron chi connectivity index (χ3n) is 4.37. The average Bonchev–Trinajstić information content (AvgIpc) is 2.94. The van der Waals surface area contributed by atoms with E-state index in [4.69, 9.17) is 0 Å². The maximum absolute atomic E-state index is 12.3. The lowest BCUT2D eigenvalue weighted by Crippen LogP contribution is -2.44. The van der Waals surface area contributed by atoms with Crippen molar-refractivity contribution in [3.05, 3.63) is 20.8 Å². The van der Waals surface area contributed by atoms with E-state index in [-0.39, 0.29) is 5.56 Å². The molecular formula is C15H24N6O2. The van der Waals surface area contributed by atoms with Gasteiger partial charge in [-0.2, -0.15) is 4.98 Å². The summed E-state index contributed by atoms with van der Waals surface area (Å²) in [6, 6.07) is 0. The van der Waals surface area contributed by atoms with E-state index in [1.54, 1.807) is 7.05 Å². The summed E-state index contributed by atoms with van der Waals surface area (Å²) in [5, 5.41) is 3.32. The Bertz CT molecular complexity index is 797. The van der Waals surface area contributed by atoms with Gasteiger partial charge in [-0.05, 0) is 6.42 Å². The van der Waals surface area contributed by atoms with Gasteiger partial charge < -0.3 is 14.8 Å². The van der Waals surface area contributed by atoms with Crippen LogP contribution in [0.1, 0.15) is 26.2 Å². The van der Waals surface area contributed by atoms with Crippen LogP contribution in [0.2, 0.25) is 0 Å². The fourth-order valence-electron chi connectivity index (χ4n) is 3.06. The van der Waals surface area contributed by atoms with Crippen LogP contribution in [0.3, 0.4) is 0 Å². The van der Waals surface area contributed by atoms with E-state index >= 15 is 0 Å². The second kappa shape index (κ2) is 6.57. The standard InChI is InChI=1S/C15H24N6O2/c1-3-4-5-8-21-11-12(19(2)15(23)18-13(11)22)17-14(21)20-9-6-16-7-10-20/h16H,3-10H2,1-2H3,(H,18,22,23). The first-order valence-corrected chi connectivity index (χ1v) is 8.28. The van der Waals surface area contributed by atoms with Crippen molar-refractivity contribution in [3.8, 4) is 0 Å². The number of aromatic amines is 1. The number of fused-ring (bicyclic) bond motifs is 1. The van der Waals surface area contributed by atoms with Gasteiger partial charge in [-0.3, -0.25) is 14.3 Å². The fourth-order valence-corrected chi connectivity index (χ4v) is 3.06. The van der Waals surface area contributed by atoms with Crippen molar-refractivity contribution in [2.24, 2.45) is 7.05 Å². The first-order chi connectivity index (χ1) is 11.1. The Kier molecular flexibility index (Phi) is 4.51. The normalized spacial score (nSPS) is 15.5. The quantitative estimate of drug-likeness (QED) is 0.759. The van der Waals surface area contributed by atoms with E-state index in [0.717, 1.165) is 57.9 Å². The van der Waals surface area contributed by atoms with Crippen LogP contribution in [0.5, 0.6) is 0 Å². The number of aryl methyl sites for hydroxylation is 2. The van der Waals surface area contributed by atoms with Crippen molar-refractivity contribution >= 4 is 17.1 Å². The number of hydrogen-bond acceptors (Lipinski definition) is 5. The molecule has 0 radical (unpaired) electrons. The largest absolute Gasteiger partial charge is 0.340 e. The first-order valence-electron chi connectivity index (χ1n) is 8.28. The van der Waals surface area contributed by atoms with Gasteiger partial charge in [0.2, 0.25) is 5.95 Å². The van der Waals surface area contributed by atoms with Gasteiger partial charge in [0.25, 0.3) is 5.56 Å². The molecule has 0 spiro atoms. The Labute approximate surface area is 134 Å². The highest BCUT2D eigenvalue weighted by atomic mass is 16.2. The zero-order valence-corrected chi connectivity index (χ0v) is 13.8. The third-order valence-corrected chi connectivity index (χ3v) is 4.37. The predicted molar refractivity (Wildman–Crippen MR) is 90.2 cm³/mol. The van der Waals surface area contributed by atoms with Crippen LogP contribution in [-0.4, -0.2) is 45.3 Å². The maximum Gasteiger partial charge on any atom is 0.329 e. The van der Waals surface area contributed by atoms with Crippen molar-refractivity contribution < 1.29 is 0 Å². The molecule has 3 heterocycles. The molecule has 8 heteroatoms. The van der Waals surface area contributed by atoms with E-state index in [1.807, 2.05) is 4.57 Å². The van der Waals surface area contributed by atoms with Gasteiger partial charge >= 0.3 is 5.69 Å². The summed E-state index contributed by atoms with van der Waals surface area (Å²) < 4.78 is 3.40. The SMILES string of the molecule is CCCCCn1c(N2CCNCC2)nc2c1c(=O)[nH]c(=O)n2C. The lowest BCUT2D eigenvalue weighted by molar-refractivity contribution is 0.554. The van der Waals surface area contributed by atoms with Gasteiger partial charge in [0.05, 0.1) is 0 Å². The molecule has 0 aliphatic carbocycles. The summed E-state index contributed by atoms with van der Waals surface area (Å²) >= 11 is 0. The summed E-state index contributed by atoms with van der Waals surface area (Å²) in [4.78, 5) is 33.4. The smallest absolute Gasteiger partial charge is 0.329 e. The van der Waals surface area contributed by atoms with Gasteiger partial charge in [0, 0.05) is 39.8 Å². The van der Waals surface area contributed by atoms with Gasteiger partial charge in [0.15, 0.2) is 11.2 Å². The van der Waals surface area contributed by atoms with Crippen molar-refractivity contribution in [2.45, 2.75) is 32.7 Å². The van der Waals surface area contributed by atoms with Crippen LogP contribution in [0.25, 0.3) is 11.2 Å². The average molecular weight is 320 g/mol. The monoisotopic (exact) mass is 320 g/mol. The van der Waals surface area contributed by atoms with E-state index in [1.165, 1.54) is 4.57 Å². The van der Waals surface area contributed by atoms with Crippen LogP contribution >= 0.6 is 0 Å². The Morgan fingerprint density at radius 1 is 1.17 bits per heavy atom. The number of piperazine rings is 1. The summed E-state index contributed by atoms with van der Waals surface area (Å²) in [5.41, 5.74) is 0.182. The number of anilines is 1. The van der Waals surface area contributed by atoms with Crippen LogP contribution in [0.4, 0.5) is 5.95 Å². The molecule has 0 amide bonds. The minimum atomic E-state index is -0.424. The minimum absolute atomic E-state index is 0.353. The highest BCUT2D eigenvalue weighted by molar-refractivity contribution is 5.74. The number of unbranched alkanes of at least 4 members (excludes halogenated alkanes) is 2. The van der Waals surface area contributed by atoms with E-state index in [2.05, 4.69) is 27.1 Å². The lowest BCUT2D eigenvalue weighted by Gasteiger charge is -2.28. The molecule has 2 aromatic rings. The number of nitrogens with zero attached hydrogens (tertiary/aromatic N) is 4. The Hall–Kier alpha value is -2.09. The highest BCUT2D eigenvalue weighted by Gasteiger charge is 2.22. The molecule has 2 N–H and O–H groups in total. The molecule has 23 heavy (non-hydrogen) atoms. The van der Waals surface area contributed by atoms with Gasteiger partial charge in [-0.1, -0.05) is 19.8 Å². The number of aromatic nitrogens is 4. The molecule has 1 aliphatic rings. The molecule has 0 unspecified atom stereocenters. The number of hydrogen-bond donors (Lipinski definition) is 2. The van der Waals surface area contributed by atoms with Crippen LogP contribution in [0.15, 0.2) is 9.59 Å². The molecular weight excluding hydrogens is 296 g/mol. The second-order valence-corrected chi connectivity index (χ2v) is 6.00. The molecule has 126 valence electrons. The molecule has 0 bridgehead atoms. The molecule has 0 aromatic carbocycles. The second-order valence-electron chi connectivity index (χ2n) is 6.00. The van der Waals surface area contributed by atoms with Crippen LogP contribution in [0, 0.1) is 0 Å². The Balaban J connectivity index is 2.14. The summed E-state index contributed by atoms with van der Waals surface area (Å²) in [7, 11) is 1.64. The fraction of sp³-hybridized carbons (Fsp3) is 0.667. The molecule has 3 rings (SSSR count). The molecule has 8 nitrogen and oxygen atoms in total. The van der Waals surface area contributed by atoms with Gasteiger partial charge in [0.1, 0.15) is 0 Å². The lowest BCUT2D eigenvalue weighted by atomic mass is 10.2.